The molecule has 1 aromatic heterocycles. The molecule has 1 aliphatic rings. The molecule has 0 saturated carbocycles. The normalized spacial score (nSPS) is 14.9. The van der Waals surface area contributed by atoms with Crippen molar-refractivity contribution in [3.63, 3.8) is 0 Å². The van der Waals surface area contributed by atoms with Crippen LogP contribution in [0.3, 0.4) is 0 Å². The van der Waals surface area contributed by atoms with Crippen LogP contribution in [0.15, 0.2) is 67.8 Å². The molecule has 1 aliphatic heterocycles. The number of benzene rings is 2. The number of thioether (sulfide) groups is 3. The van der Waals surface area contributed by atoms with Gasteiger partial charge < -0.3 is 14.4 Å². The zero-order chi connectivity index (χ0) is 34.4. The van der Waals surface area contributed by atoms with Crippen molar-refractivity contribution in [2.75, 3.05) is 49.7 Å². The lowest BCUT2D eigenvalue weighted by atomic mass is 10.1. The van der Waals surface area contributed by atoms with Crippen molar-refractivity contribution in [3.05, 3.63) is 58.1 Å². The molecule has 2 aromatic carbocycles. The molecular weight excluding hydrogens is 721 g/mol. The highest BCUT2D eigenvalue weighted by molar-refractivity contribution is 8.03. The number of allylic oxidation sites excluding steroid dienone is 4. The number of ether oxygens (including phenoxy) is 2. The second-order valence-electron chi connectivity index (χ2n) is 10.4. The van der Waals surface area contributed by atoms with Crippen LogP contribution in [-0.4, -0.2) is 70.7 Å². The summed E-state index contributed by atoms with van der Waals surface area (Å²) in [6.45, 7) is 2.85. The van der Waals surface area contributed by atoms with E-state index in [0.29, 0.717) is 13.1 Å². The molecule has 10 nitrogen and oxygen atoms in total. The molecule has 2 heterocycles. The van der Waals surface area contributed by atoms with E-state index < -0.39 is 20.2 Å². The molecule has 0 unspecified atom stereocenters. The van der Waals surface area contributed by atoms with Crippen molar-refractivity contribution in [1.29, 1.82) is 0 Å². The number of thiazole rings is 1. The number of anilines is 1. The molecule has 256 valence electrons. The van der Waals surface area contributed by atoms with Gasteiger partial charge in [-0.3, -0.25) is 9.11 Å². The van der Waals surface area contributed by atoms with Crippen LogP contribution in [0.1, 0.15) is 31.2 Å². The van der Waals surface area contributed by atoms with Crippen LogP contribution >= 0.6 is 46.6 Å². The average Bonchev–Trinajstić information content (AvgIpc) is 3.54. The molecular formula is C31H39N2O8S6+. The number of aryl methyl sites for hydroxylation is 1. The topological polar surface area (TPSA) is 134 Å². The van der Waals surface area contributed by atoms with Crippen molar-refractivity contribution >= 4 is 88.8 Å². The predicted molar refractivity (Wildman–Crippen MR) is 196 cm³/mol. The van der Waals surface area contributed by atoms with Crippen molar-refractivity contribution in [2.45, 2.75) is 47.4 Å². The van der Waals surface area contributed by atoms with Crippen LogP contribution < -0.4 is 18.9 Å². The average molecular weight is 760 g/mol. The highest BCUT2D eigenvalue weighted by Crippen LogP contribution is 2.50. The minimum Gasteiger partial charge on any atom is -0.496 e. The van der Waals surface area contributed by atoms with Gasteiger partial charge in [-0.1, -0.05) is 42.2 Å². The van der Waals surface area contributed by atoms with Gasteiger partial charge in [0.25, 0.3) is 25.2 Å². The van der Waals surface area contributed by atoms with Gasteiger partial charge in [0.2, 0.25) is 5.52 Å². The van der Waals surface area contributed by atoms with E-state index in [9.17, 15) is 25.9 Å². The summed E-state index contributed by atoms with van der Waals surface area (Å²) in [7, 11) is -4.92. The summed E-state index contributed by atoms with van der Waals surface area (Å²) in [5.41, 5.74) is 2.88. The Morgan fingerprint density at radius 2 is 1.60 bits per heavy atom. The van der Waals surface area contributed by atoms with Crippen LogP contribution in [0.25, 0.3) is 16.3 Å². The predicted octanol–water partition coefficient (Wildman–Crippen LogP) is 7.01. The number of aromatic nitrogens is 1. The van der Waals surface area contributed by atoms with Gasteiger partial charge in [0.15, 0.2) is 6.54 Å². The Labute approximate surface area is 293 Å². The lowest BCUT2D eigenvalue weighted by Crippen LogP contribution is -2.36. The van der Waals surface area contributed by atoms with Crippen LogP contribution in [-0.2, 0) is 26.8 Å². The number of rotatable bonds is 16. The van der Waals surface area contributed by atoms with Crippen molar-refractivity contribution in [1.82, 2.24) is 0 Å². The molecule has 3 aromatic rings. The Morgan fingerprint density at radius 3 is 2.21 bits per heavy atom. The van der Waals surface area contributed by atoms with E-state index in [1.165, 1.54) is 0 Å². The van der Waals surface area contributed by atoms with Gasteiger partial charge in [-0.25, -0.2) is 0 Å². The zero-order valence-electron chi connectivity index (χ0n) is 26.8. The number of methoxy groups -OCH3 is 2. The van der Waals surface area contributed by atoms with Crippen LogP contribution in [0.4, 0.5) is 5.69 Å². The number of nitrogens with zero attached hydrogens (tertiary/aromatic N) is 2. The molecule has 4 rings (SSSR count). The summed E-state index contributed by atoms with van der Waals surface area (Å²) in [4.78, 5) is 5.09. The van der Waals surface area contributed by atoms with E-state index in [4.69, 9.17) is 9.47 Å². The third-order valence-corrected chi connectivity index (χ3v) is 12.7. The van der Waals surface area contributed by atoms with Gasteiger partial charge in [0, 0.05) is 30.0 Å². The van der Waals surface area contributed by atoms with E-state index in [0.717, 1.165) is 64.1 Å². The molecule has 0 bridgehead atoms. The number of hydrogen-bond donors (Lipinski definition) is 2. The summed E-state index contributed by atoms with van der Waals surface area (Å²) in [6, 6.07) is 8.08. The smallest absolute Gasteiger partial charge is 0.265 e. The third-order valence-electron chi connectivity index (χ3n) is 7.33. The molecule has 0 amide bonds. The van der Waals surface area contributed by atoms with Crippen LogP contribution in [0.2, 0.25) is 0 Å². The zero-order valence-corrected chi connectivity index (χ0v) is 31.7. The second kappa shape index (κ2) is 16.5. The first kappa shape index (κ1) is 37.6. The molecule has 0 atom stereocenters. The molecule has 0 radical (unpaired) electrons. The van der Waals surface area contributed by atoms with Crippen LogP contribution in [0, 0.1) is 0 Å². The standard InChI is InChI=1S/C31H38N2O8S6/c1-6-21(9-11-30-32(13-7-15-46(34,35)36)22-17-24(40-2)28(42-4)19-26(22)44-30)10-12-31-33(14-8-16-47(37,38)39)23-18-25(41-3)29(43-5)20-27(23)45-31/h9-12,17-20H,6-8,13-16H2,1-5H3,(H-,34,35,36,37,38,39)/p+1. The van der Waals surface area contributed by atoms with E-state index in [2.05, 4.69) is 28.5 Å². The van der Waals surface area contributed by atoms with Crippen LogP contribution in [0.5, 0.6) is 11.5 Å². The first-order valence-corrected chi connectivity index (χ1v) is 21.9. The molecule has 0 saturated heterocycles. The lowest BCUT2D eigenvalue weighted by Gasteiger charge is -2.21. The fraction of sp³-hybridized carbons (Fsp3) is 0.387. The number of hydrogen-bond acceptors (Lipinski definition) is 11. The van der Waals surface area contributed by atoms with E-state index in [1.807, 2.05) is 48.9 Å². The maximum Gasteiger partial charge on any atom is 0.265 e. The van der Waals surface area contributed by atoms with Crippen molar-refractivity contribution in [2.24, 2.45) is 0 Å². The first-order chi connectivity index (χ1) is 22.3. The minimum atomic E-state index is -4.09. The first-order valence-electron chi connectivity index (χ1n) is 14.6. The largest absolute Gasteiger partial charge is 0.496 e. The van der Waals surface area contributed by atoms with Crippen molar-refractivity contribution < 1.29 is 40.0 Å². The fourth-order valence-corrected chi connectivity index (χ4v) is 9.54. The summed E-state index contributed by atoms with van der Waals surface area (Å²) in [5, 5.41) is 1.85. The Kier molecular flexibility index (Phi) is 13.2. The lowest BCUT2D eigenvalue weighted by molar-refractivity contribution is -0.668. The summed E-state index contributed by atoms with van der Waals surface area (Å²) in [5.74, 6) is 0.806. The monoisotopic (exact) mass is 759 g/mol. The van der Waals surface area contributed by atoms with E-state index in [1.54, 1.807) is 60.8 Å². The Balaban J connectivity index is 1.69. The SMILES string of the molecule is CCC(/C=C/c1sc2cc(SC)c(OC)cc2[n+]1CCCS(=O)(=O)O)=C\C=C1/Sc2cc(SC)c(OC)cc2N1CCCS(=O)(=O)O. The molecule has 0 spiro atoms. The summed E-state index contributed by atoms with van der Waals surface area (Å²) < 4.78 is 78.7. The third kappa shape index (κ3) is 9.94. The van der Waals surface area contributed by atoms with Gasteiger partial charge in [-0.15, -0.1) is 23.5 Å². The molecule has 0 fully saturated rings. The maximum atomic E-state index is 11.4. The molecule has 47 heavy (non-hydrogen) atoms. The van der Waals surface area contributed by atoms with Gasteiger partial charge in [-0.2, -0.15) is 21.4 Å². The van der Waals surface area contributed by atoms with Gasteiger partial charge in [0.1, 0.15) is 16.2 Å². The summed E-state index contributed by atoms with van der Waals surface area (Å²) >= 11 is 6.36. The minimum absolute atomic E-state index is 0.250. The van der Waals surface area contributed by atoms with Gasteiger partial charge >= 0.3 is 0 Å². The Hall–Kier alpha value is -2.18. The van der Waals surface area contributed by atoms with Gasteiger partial charge in [-0.05, 0) is 49.1 Å². The second-order valence-corrected chi connectivity index (χ2v) is 17.4. The summed E-state index contributed by atoms with van der Waals surface area (Å²) in [6.07, 6.45) is 13.3. The quantitative estimate of drug-likeness (QED) is 0.0674. The molecule has 2 N–H and O–H groups in total. The van der Waals surface area contributed by atoms with E-state index in [-0.39, 0.29) is 24.3 Å². The molecule has 16 heteroatoms. The fourth-order valence-electron chi connectivity index (χ4n) is 5.02. The maximum absolute atomic E-state index is 11.4. The Bertz CT molecular complexity index is 1920. The van der Waals surface area contributed by atoms with Crippen molar-refractivity contribution in [3.8, 4) is 11.5 Å². The molecule has 0 aliphatic carbocycles. The van der Waals surface area contributed by atoms with E-state index >= 15 is 0 Å². The number of fused-ring (bicyclic) bond motifs is 2. The Morgan fingerprint density at radius 1 is 0.957 bits per heavy atom. The highest BCUT2D eigenvalue weighted by Gasteiger charge is 2.27. The van der Waals surface area contributed by atoms with Gasteiger partial charge in [0.05, 0.1) is 52.3 Å². The highest BCUT2D eigenvalue weighted by atomic mass is 32.2.